The summed E-state index contributed by atoms with van der Waals surface area (Å²) in [5.74, 6) is 0.841. The fraction of sp³-hybridized carbons (Fsp3) is 0.474. The molecule has 0 spiro atoms. The van der Waals surface area contributed by atoms with Gasteiger partial charge in [0.15, 0.2) is 0 Å². The van der Waals surface area contributed by atoms with Gasteiger partial charge in [-0.3, -0.25) is 4.98 Å². The Kier molecular flexibility index (Phi) is 6.28. The van der Waals surface area contributed by atoms with Crippen LogP contribution in [0.25, 0.3) is 0 Å². The van der Waals surface area contributed by atoms with E-state index >= 15 is 0 Å². The molecule has 0 atom stereocenters. The number of methoxy groups -OCH3 is 1. The Morgan fingerprint density at radius 3 is 2.59 bits per heavy atom. The fourth-order valence-corrected chi connectivity index (χ4v) is 4.72. The van der Waals surface area contributed by atoms with Gasteiger partial charge in [0, 0.05) is 6.04 Å². The molecule has 8 heteroatoms. The number of rotatable bonds is 7. The van der Waals surface area contributed by atoms with Crippen LogP contribution in [0.1, 0.15) is 36.8 Å². The normalized spacial score (nSPS) is 20.2. The van der Waals surface area contributed by atoms with Crippen LogP contribution < -0.4 is 14.2 Å². The van der Waals surface area contributed by atoms with Crippen LogP contribution in [-0.2, 0) is 15.8 Å². The van der Waals surface area contributed by atoms with Crippen LogP contribution in [0.5, 0.6) is 11.8 Å². The lowest BCUT2D eigenvalue weighted by Gasteiger charge is -2.29. The number of hydrogen-bond acceptors (Lipinski definition) is 6. The van der Waals surface area contributed by atoms with Crippen LogP contribution in [0.4, 0.5) is 0 Å². The molecule has 3 rings (SSSR count). The zero-order valence-electron chi connectivity index (χ0n) is 15.6. The average molecular weight is 391 g/mol. The summed E-state index contributed by atoms with van der Waals surface area (Å²) in [6.07, 6.45) is 6.06. The Morgan fingerprint density at radius 2 is 1.89 bits per heavy atom. The number of nitrogens with zero attached hydrogens (tertiary/aromatic N) is 2. The number of hydrogen-bond donors (Lipinski definition) is 1. The molecule has 0 aliphatic heterocycles. The first-order chi connectivity index (χ1) is 12.9. The Balaban J connectivity index is 1.50. The fourth-order valence-electron chi connectivity index (χ4n) is 3.27. The van der Waals surface area contributed by atoms with E-state index in [9.17, 15) is 8.42 Å². The molecule has 2 aromatic rings. The van der Waals surface area contributed by atoms with E-state index in [0.29, 0.717) is 11.8 Å². The Labute approximate surface area is 160 Å². The van der Waals surface area contributed by atoms with Gasteiger partial charge >= 0.3 is 0 Å². The number of aromatic nitrogens is 2. The third-order valence-corrected chi connectivity index (χ3v) is 5.95. The van der Waals surface area contributed by atoms with Crippen molar-refractivity contribution >= 4 is 10.0 Å². The predicted molar refractivity (Wildman–Crippen MR) is 102 cm³/mol. The standard InChI is InChI=1S/C19H25N3O4S/c1-14-4-3-5-15(10-14)13-27(23,24)22-16-6-8-17(9-7-16)26-19-12-20-11-18(21-19)25-2/h3-5,10-12,16-17,22H,6-9,13H2,1-2H3. The van der Waals surface area contributed by atoms with E-state index in [0.717, 1.165) is 36.8 Å². The molecule has 1 aromatic carbocycles. The van der Waals surface area contributed by atoms with Crippen LogP contribution in [0.3, 0.4) is 0 Å². The van der Waals surface area contributed by atoms with Gasteiger partial charge < -0.3 is 9.47 Å². The quantitative estimate of drug-likeness (QED) is 0.780. The number of ether oxygens (including phenoxy) is 2. The van der Waals surface area contributed by atoms with Gasteiger partial charge in [0.2, 0.25) is 21.8 Å². The van der Waals surface area contributed by atoms with Crippen molar-refractivity contribution < 1.29 is 17.9 Å². The van der Waals surface area contributed by atoms with Gasteiger partial charge in [0.25, 0.3) is 0 Å². The van der Waals surface area contributed by atoms with Crippen LogP contribution in [-0.4, -0.2) is 37.6 Å². The molecule has 0 radical (unpaired) electrons. The lowest BCUT2D eigenvalue weighted by atomic mass is 9.94. The van der Waals surface area contributed by atoms with E-state index in [1.54, 1.807) is 6.20 Å². The summed E-state index contributed by atoms with van der Waals surface area (Å²) in [6, 6.07) is 7.52. The highest BCUT2D eigenvalue weighted by Gasteiger charge is 2.26. The van der Waals surface area contributed by atoms with Crippen LogP contribution in [0.15, 0.2) is 36.7 Å². The highest BCUT2D eigenvalue weighted by Crippen LogP contribution is 2.24. The molecular formula is C19H25N3O4S. The Hall–Kier alpha value is -2.19. The number of aryl methyl sites for hydroxylation is 1. The third-order valence-electron chi connectivity index (χ3n) is 4.55. The topological polar surface area (TPSA) is 90.4 Å². The second-order valence-electron chi connectivity index (χ2n) is 6.86. The predicted octanol–water partition coefficient (Wildman–Crippen LogP) is 2.60. The van der Waals surface area contributed by atoms with Crippen molar-refractivity contribution in [2.75, 3.05) is 7.11 Å². The average Bonchev–Trinajstić information content (AvgIpc) is 2.63. The summed E-state index contributed by atoms with van der Waals surface area (Å²) < 4.78 is 38.6. The van der Waals surface area contributed by atoms with Crippen molar-refractivity contribution in [3.05, 3.63) is 47.8 Å². The maximum Gasteiger partial charge on any atom is 0.235 e. The van der Waals surface area contributed by atoms with Gasteiger partial charge in [0.05, 0.1) is 25.3 Å². The first-order valence-corrected chi connectivity index (χ1v) is 10.7. The van der Waals surface area contributed by atoms with Gasteiger partial charge in [-0.1, -0.05) is 29.8 Å². The molecule has 27 heavy (non-hydrogen) atoms. The van der Waals surface area contributed by atoms with E-state index in [2.05, 4.69) is 14.7 Å². The molecule has 1 saturated carbocycles. The van der Waals surface area contributed by atoms with Crippen molar-refractivity contribution in [2.45, 2.75) is 50.5 Å². The number of benzene rings is 1. The first kappa shape index (κ1) is 19.6. The molecule has 1 aromatic heterocycles. The smallest absolute Gasteiger partial charge is 0.235 e. The SMILES string of the molecule is COc1cncc(OC2CCC(NS(=O)(=O)Cc3cccc(C)c3)CC2)n1. The minimum absolute atomic E-state index is 0.00364. The van der Waals surface area contributed by atoms with E-state index in [1.165, 1.54) is 13.3 Å². The van der Waals surface area contributed by atoms with Crippen molar-refractivity contribution in [1.82, 2.24) is 14.7 Å². The van der Waals surface area contributed by atoms with Crippen LogP contribution in [0, 0.1) is 6.92 Å². The van der Waals surface area contributed by atoms with E-state index < -0.39 is 10.0 Å². The highest BCUT2D eigenvalue weighted by atomic mass is 32.2. The van der Waals surface area contributed by atoms with Gasteiger partial charge in [-0.2, -0.15) is 4.98 Å². The monoisotopic (exact) mass is 391 g/mol. The molecule has 0 bridgehead atoms. The van der Waals surface area contributed by atoms with Gasteiger partial charge in [-0.15, -0.1) is 0 Å². The van der Waals surface area contributed by atoms with Crippen molar-refractivity contribution in [3.63, 3.8) is 0 Å². The summed E-state index contributed by atoms with van der Waals surface area (Å²) in [6.45, 7) is 1.96. The summed E-state index contributed by atoms with van der Waals surface area (Å²) >= 11 is 0. The van der Waals surface area contributed by atoms with E-state index in [-0.39, 0.29) is 17.9 Å². The largest absolute Gasteiger partial charge is 0.480 e. The van der Waals surface area contributed by atoms with Gasteiger partial charge in [0.1, 0.15) is 6.10 Å². The van der Waals surface area contributed by atoms with Crippen LogP contribution in [0.2, 0.25) is 0 Å². The first-order valence-electron chi connectivity index (χ1n) is 9.02. The molecule has 0 amide bonds. The van der Waals surface area contributed by atoms with Crippen molar-refractivity contribution in [2.24, 2.45) is 0 Å². The Morgan fingerprint density at radius 1 is 1.15 bits per heavy atom. The summed E-state index contributed by atoms with van der Waals surface area (Å²) in [4.78, 5) is 8.23. The zero-order valence-corrected chi connectivity index (χ0v) is 16.4. The van der Waals surface area contributed by atoms with E-state index in [1.807, 2.05) is 31.2 Å². The molecule has 146 valence electrons. The lowest BCUT2D eigenvalue weighted by molar-refractivity contribution is 0.136. The molecule has 0 unspecified atom stereocenters. The van der Waals surface area contributed by atoms with Crippen LogP contribution >= 0.6 is 0 Å². The second-order valence-corrected chi connectivity index (χ2v) is 8.61. The lowest BCUT2D eigenvalue weighted by Crippen LogP contribution is -2.40. The minimum Gasteiger partial charge on any atom is -0.480 e. The number of sulfonamides is 1. The second kappa shape index (κ2) is 8.67. The molecule has 1 heterocycles. The van der Waals surface area contributed by atoms with Gasteiger partial charge in [-0.25, -0.2) is 13.1 Å². The maximum atomic E-state index is 12.4. The highest BCUT2D eigenvalue weighted by molar-refractivity contribution is 7.88. The summed E-state index contributed by atoms with van der Waals surface area (Å²) in [5.41, 5.74) is 1.86. The third kappa shape index (κ3) is 5.90. The zero-order chi connectivity index (χ0) is 19.3. The molecule has 1 aliphatic carbocycles. The maximum absolute atomic E-state index is 12.4. The van der Waals surface area contributed by atoms with Crippen molar-refractivity contribution in [3.8, 4) is 11.8 Å². The van der Waals surface area contributed by atoms with Gasteiger partial charge in [-0.05, 0) is 38.2 Å². The molecule has 7 nitrogen and oxygen atoms in total. The summed E-state index contributed by atoms with van der Waals surface area (Å²) in [5, 5.41) is 0. The minimum atomic E-state index is -3.37. The molecule has 1 N–H and O–H groups in total. The molecule has 1 fully saturated rings. The van der Waals surface area contributed by atoms with Crippen molar-refractivity contribution in [1.29, 1.82) is 0 Å². The summed E-state index contributed by atoms with van der Waals surface area (Å²) in [7, 11) is -1.84. The van der Waals surface area contributed by atoms with E-state index in [4.69, 9.17) is 9.47 Å². The molecule has 0 saturated heterocycles. The molecule has 1 aliphatic rings. The Bertz CT molecular complexity index is 865. The molecular weight excluding hydrogens is 366 g/mol. The number of nitrogens with one attached hydrogen (secondary N) is 1.